The minimum atomic E-state index is -0.392. The number of nitrogens with zero attached hydrogens (tertiary/aromatic N) is 1. The molecule has 1 atom stereocenters. The van der Waals surface area contributed by atoms with Gasteiger partial charge in [0.25, 0.3) is 0 Å². The zero-order valence-corrected chi connectivity index (χ0v) is 12.0. The van der Waals surface area contributed by atoms with E-state index in [0.717, 1.165) is 6.42 Å². The van der Waals surface area contributed by atoms with Gasteiger partial charge in [-0.05, 0) is 31.9 Å². The molecule has 0 amide bonds. The highest BCUT2D eigenvalue weighted by atomic mass is 16.6. The lowest BCUT2D eigenvalue weighted by molar-refractivity contribution is -0.385. The number of nitro groups is 1. The van der Waals surface area contributed by atoms with E-state index < -0.39 is 4.92 Å². The molecule has 0 bridgehead atoms. The fourth-order valence-corrected chi connectivity index (χ4v) is 1.63. The molecule has 5 heteroatoms. The average molecular weight is 266 g/mol. The van der Waals surface area contributed by atoms with Gasteiger partial charge in [-0.3, -0.25) is 10.1 Å². The number of hydrogen-bond acceptors (Lipinski definition) is 4. The predicted octanol–water partition coefficient (Wildman–Crippen LogP) is 3.84. The van der Waals surface area contributed by atoms with Crippen molar-refractivity contribution in [2.75, 3.05) is 11.9 Å². The number of nitrogens with one attached hydrogen (secondary N) is 1. The van der Waals surface area contributed by atoms with Gasteiger partial charge in [-0.1, -0.05) is 26.3 Å². The molecular formula is C14H22N2O3. The second-order valence-electron chi connectivity index (χ2n) is 4.97. The minimum Gasteiger partial charge on any atom is -0.484 e. The Labute approximate surface area is 114 Å². The van der Waals surface area contributed by atoms with Crippen LogP contribution < -0.4 is 10.1 Å². The Hall–Kier alpha value is -1.78. The van der Waals surface area contributed by atoms with Gasteiger partial charge < -0.3 is 10.1 Å². The first kappa shape index (κ1) is 15.3. The number of nitro benzene ring substituents is 1. The number of para-hydroxylation sites is 1. The second kappa shape index (κ2) is 6.97. The van der Waals surface area contributed by atoms with Crippen LogP contribution in [0.15, 0.2) is 18.2 Å². The maximum atomic E-state index is 11.2. The summed E-state index contributed by atoms with van der Waals surface area (Å²) in [5.41, 5.74) is 0.531. The summed E-state index contributed by atoms with van der Waals surface area (Å²) in [6, 6.07) is 5.12. The van der Waals surface area contributed by atoms with Crippen molar-refractivity contribution in [1.29, 1.82) is 0 Å². The molecule has 0 heterocycles. The van der Waals surface area contributed by atoms with E-state index in [1.54, 1.807) is 18.2 Å². The third-order valence-corrected chi connectivity index (χ3v) is 2.88. The van der Waals surface area contributed by atoms with Crippen molar-refractivity contribution in [3.63, 3.8) is 0 Å². The number of anilines is 1. The number of benzene rings is 1. The molecule has 0 fully saturated rings. The first-order chi connectivity index (χ1) is 8.95. The van der Waals surface area contributed by atoms with Crippen LogP contribution >= 0.6 is 0 Å². The van der Waals surface area contributed by atoms with Crippen LogP contribution in [0, 0.1) is 16.0 Å². The Kier molecular flexibility index (Phi) is 5.60. The maximum absolute atomic E-state index is 11.2. The SMILES string of the molecule is CCC(C)CNc1cccc(OC(C)C)c1[N+](=O)[O-]. The molecule has 1 unspecified atom stereocenters. The molecule has 0 aromatic heterocycles. The lowest BCUT2D eigenvalue weighted by atomic mass is 10.1. The highest BCUT2D eigenvalue weighted by Crippen LogP contribution is 2.35. The highest BCUT2D eigenvalue weighted by molar-refractivity contribution is 5.68. The predicted molar refractivity (Wildman–Crippen MR) is 76.8 cm³/mol. The van der Waals surface area contributed by atoms with Crippen molar-refractivity contribution in [3.05, 3.63) is 28.3 Å². The molecule has 0 aliphatic heterocycles. The highest BCUT2D eigenvalue weighted by Gasteiger charge is 2.21. The van der Waals surface area contributed by atoms with E-state index in [1.165, 1.54) is 0 Å². The van der Waals surface area contributed by atoms with Crippen LogP contribution in [-0.4, -0.2) is 17.6 Å². The van der Waals surface area contributed by atoms with Crippen LogP contribution in [0.5, 0.6) is 5.75 Å². The van der Waals surface area contributed by atoms with Crippen LogP contribution in [0.1, 0.15) is 34.1 Å². The molecule has 0 aliphatic rings. The first-order valence-electron chi connectivity index (χ1n) is 6.63. The van der Waals surface area contributed by atoms with Crippen molar-refractivity contribution in [3.8, 4) is 5.75 Å². The molecule has 5 nitrogen and oxygen atoms in total. The Morgan fingerprint density at radius 3 is 2.58 bits per heavy atom. The van der Waals surface area contributed by atoms with Gasteiger partial charge in [-0.25, -0.2) is 0 Å². The number of hydrogen-bond donors (Lipinski definition) is 1. The van der Waals surface area contributed by atoms with Crippen LogP contribution in [-0.2, 0) is 0 Å². The Morgan fingerprint density at radius 2 is 2.05 bits per heavy atom. The van der Waals surface area contributed by atoms with E-state index in [0.29, 0.717) is 23.9 Å². The van der Waals surface area contributed by atoms with Gasteiger partial charge in [-0.15, -0.1) is 0 Å². The Bertz CT molecular complexity index is 433. The summed E-state index contributed by atoms with van der Waals surface area (Å²) in [4.78, 5) is 10.8. The van der Waals surface area contributed by atoms with Crippen molar-refractivity contribution >= 4 is 11.4 Å². The summed E-state index contributed by atoms with van der Waals surface area (Å²) in [5.74, 6) is 0.781. The van der Waals surface area contributed by atoms with E-state index in [9.17, 15) is 10.1 Å². The number of ether oxygens (including phenoxy) is 1. The summed E-state index contributed by atoms with van der Waals surface area (Å²) >= 11 is 0. The fraction of sp³-hybridized carbons (Fsp3) is 0.571. The molecule has 0 radical (unpaired) electrons. The van der Waals surface area contributed by atoms with Gasteiger partial charge in [0, 0.05) is 6.54 Å². The molecule has 19 heavy (non-hydrogen) atoms. The second-order valence-corrected chi connectivity index (χ2v) is 4.97. The van der Waals surface area contributed by atoms with Gasteiger partial charge in [0.2, 0.25) is 0 Å². The first-order valence-corrected chi connectivity index (χ1v) is 6.63. The Balaban J connectivity index is 2.99. The maximum Gasteiger partial charge on any atom is 0.333 e. The van der Waals surface area contributed by atoms with Crippen molar-refractivity contribution < 1.29 is 9.66 Å². The summed E-state index contributed by atoms with van der Waals surface area (Å²) in [6.45, 7) is 8.61. The van der Waals surface area contributed by atoms with Crippen LogP contribution in [0.2, 0.25) is 0 Å². The molecule has 0 saturated heterocycles. The van der Waals surface area contributed by atoms with E-state index in [-0.39, 0.29) is 11.8 Å². The van der Waals surface area contributed by atoms with Gasteiger partial charge in [-0.2, -0.15) is 0 Å². The lowest BCUT2D eigenvalue weighted by Gasteiger charge is -2.14. The zero-order chi connectivity index (χ0) is 14.4. The smallest absolute Gasteiger partial charge is 0.333 e. The summed E-state index contributed by atoms with van der Waals surface area (Å²) < 4.78 is 5.50. The largest absolute Gasteiger partial charge is 0.484 e. The van der Waals surface area contributed by atoms with Crippen molar-refractivity contribution in [2.45, 2.75) is 40.2 Å². The van der Waals surface area contributed by atoms with Gasteiger partial charge in [0.1, 0.15) is 5.69 Å². The summed E-state index contributed by atoms with van der Waals surface area (Å²) in [7, 11) is 0. The standard InChI is InChI=1S/C14H22N2O3/c1-5-11(4)9-15-12-7-6-8-13(19-10(2)3)14(12)16(17)18/h6-8,10-11,15H,5,9H2,1-4H3. The van der Waals surface area contributed by atoms with Gasteiger partial charge in [0.05, 0.1) is 11.0 Å². The van der Waals surface area contributed by atoms with Gasteiger partial charge in [0.15, 0.2) is 5.75 Å². The molecule has 1 N–H and O–H groups in total. The van der Waals surface area contributed by atoms with Crippen molar-refractivity contribution in [1.82, 2.24) is 0 Å². The van der Waals surface area contributed by atoms with E-state index in [4.69, 9.17) is 4.74 Å². The van der Waals surface area contributed by atoms with Gasteiger partial charge >= 0.3 is 5.69 Å². The molecule has 106 valence electrons. The van der Waals surface area contributed by atoms with Crippen LogP contribution in [0.25, 0.3) is 0 Å². The molecule has 1 rings (SSSR count). The molecule has 0 spiro atoms. The monoisotopic (exact) mass is 266 g/mol. The van der Waals surface area contributed by atoms with Crippen molar-refractivity contribution in [2.24, 2.45) is 5.92 Å². The molecule has 1 aromatic carbocycles. The third-order valence-electron chi connectivity index (χ3n) is 2.88. The van der Waals surface area contributed by atoms with E-state index >= 15 is 0 Å². The Morgan fingerprint density at radius 1 is 1.37 bits per heavy atom. The quantitative estimate of drug-likeness (QED) is 0.601. The third kappa shape index (κ3) is 4.43. The molecule has 0 aliphatic carbocycles. The van der Waals surface area contributed by atoms with Crippen LogP contribution in [0.4, 0.5) is 11.4 Å². The topological polar surface area (TPSA) is 64.4 Å². The lowest BCUT2D eigenvalue weighted by Crippen LogP contribution is -2.13. The minimum absolute atomic E-state index is 0.0134. The fourth-order valence-electron chi connectivity index (χ4n) is 1.63. The molecule has 0 saturated carbocycles. The summed E-state index contributed by atoms with van der Waals surface area (Å²) in [5, 5.41) is 14.4. The molecular weight excluding hydrogens is 244 g/mol. The normalized spacial score (nSPS) is 12.3. The zero-order valence-electron chi connectivity index (χ0n) is 12.0. The van der Waals surface area contributed by atoms with E-state index in [1.807, 2.05) is 13.8 Å². The van der Waals surface area contributed by atoms with Crippen LogP contribution in [0.3, 0.4) is 0 Å². The van der Waals surface area contributed by atoms with E-state index in [2.05, 4.69) is 19.2 Å². The average Bonchev–Trinajstić information content (AvgIpc) is 2.34. The number of rotatable bonds is 7. The summed E-state index contributed by atoms with van der Waals surface area (Å²) in [6.07, 6.45) is 0.937. The molecule has 1 aromatic rings.